The molecule has 4 heterocycles. The van der Waals surface area contributed by atoms with Gasteiger partial charge < -0.3 is 25.3 Å². The van der Waals surface area contributed by atoms with Crippen molar-refractivity contribution in [2.45, 2.75) is 18.3 Å². The molecular formula is C21H17F3N6O3. The van der Waals surface area contributed by atoms with Crippen LogP contribution in [-0.4, -0.2) is 60.5 Å². The number of rotatable bonds is 3. The maximum atomic E-state index is 13.0. The Morgan fingerprint density at radius 1 is 1.18 bits per heavy atom. The zero-order chi connectivity index (χ0) is 23.5. The number of aliphatic hydroxyl groups excluding tert-OH is 1. The number of nitrogens with two attached hydrogens (primary N) is 1. The summed E-state index contributed by atoms with van der Waals surface area (Å²) >= 11 is 0. The second-order valence-corrected chi connectivity index (χ2v) is 7.84. The van der Waals surface area contributed by atoms with Gasteiger partial charge in [-0.2, -0.15) is 13.2 Å². The van der Waals surface area contributed by atoms with Gasteiger partial charge in [-0.15, -0.1) is 0 Å². The number of aliphatic hydroxyl groups is 1. The third-order valence-electron chi connectivity index (χ3n) is 5.78. The summed E-state index contributed by atoms with van der Waals surface area (Å²) in [6.07, 6.45) is -2.44. The number of hydrogen-bond donors (Lipinski definition) is 3. The number of benzene rings is 1. The van der Waals surface area contributed by atoms with Crippen molar-refractivity contribution in [1.82, 2.24) is 24.4 Å². The topological polar surface area (TPSA) is 130 Å². The number of amides is 2. The molecule has 1 fully saturated rings. The molecule has 33 heavy (non-hydrogen) atoms. The minimum atomic E-state index is -4.63. The standard InChI is InChI=1S/C21H17F3N6O3/c22-21(23,24)20-27-13-2-1-10(7-14(13)28-20)19(33)29-8-15(16(31)9-29)30-6-4-12-11(17(25)32)3-5-26-18(12)30/h1-7,15-16,31H,8-9H2,(H2,25,32)(H,27,28)/t15-,16-/m1/s1. The highest BCUT2D eigenvalue weighted by Gasteiger charge is 2.37. The first kappa shape index (κ1) is 20.9. The molecule has 0 bridgehead atoms. The van der Waals surface area contributed by atoms with Crippen LogP contribution < -0.4 is 5.73 Å². The molecule has 3 aromatic heterocycles. The molecule has 5 rings (SSSR count). The molecule has 0 radical (unpaired) electrons. The van der Waals surface area contributed by atoms with Crippen molar-refractivity contribution in [2.24, 2.45) is 5.73 Å². The number of pyridine rings is 1. The van der Waals surface area contributed by atoms with Gasteiger partial charge >= 0.3 is 6.18 Å². The molecule has 4 aromatic rings. The highest BCUT2D eigenvalue weighted by Crippen LogP contribution is 2.31. The fourth-order valence-electron chi connectivity index (χ4n) is 4.21. The zero-order valence-corrected chi connectivity index (χ0v) is 16.9. The lowest BCUT2D eigenvalue weighted by molar-refractivity contribution is -0.144. The van der Waals surface area contributed by atoms with Gasteiger partial charge in [0.1, 0.15) is 5.65 Å². The Balaban J connectivity index is 1.42. The summed E-state index contributed by atoms with van der Waals surface area (Å²) in [4.78, 5) is 36.1. The highest BCUT2D eigenvalue weighted by atomic mass is 19.4. The predicted octanol–water partition coefficient (Wildman–Crippen LogP) is 2.09. The summed E-state index contributed by atoms with van der Waals surface area (Å²) in [5, 5.41) is 11.2. The number of carbonyl (C=O) groups excluding carboxylic acids is 2. The molecule has 1 aliphatic heterocycles. The number of β-amino-alcohol motifs (C(OH)–C–C–N with tert-alkyl or cyclic N) is 1. The minimum Gasteiger partial charge on any atom is -0.389 e. The average molecular weight is 458 g/mol. The predicted molar refractivity (Wildman–Crippen MR) is 110 cm³/mol. The van der Waals surface area contributed by atoms with E-state index in [4.69, 9.17) is 5.73 Å². The first-order valence-corrected chi connectivity index (χ1v) is 9.93. The molecule has 2 amide bonds. The first-order valence-electron chi connectivity index (χ1n) is 9.93. The van der Waals surface area contributed by atoms with Crippen molar-refractivity contribution in [3.8, 4) is 0 Å². The lowest BCUT2D eigenvalue weighted by atomic mass is 10.1. The number of alkyl halides is 3. The molecule has 2 atom stereocenters. The summed E-state index contributed by atoms with van der Waals surface area (Å²) in [6.45, 7) is 0.161. The smallest absolute Gasteiger partial charge is 0.389 e. The lowest BCUT2D eigenvalue weighted by Gasteiger charge is -2.18. The largest absolute Gasteiger partial charge is 0.449 e. The van der Waals surface area contributed by atoms with E-state index in [9.17, 15) is 27.9 Å². The number of fused-ring (bicyclic) bond motifs is 2. The molecule has 4 N–H and O–H groups in total. The maximum absolute atomic E-state index is 13.0. The van der Waals surface area contributed by atoms with Crippen LogP contribution in [0.4, 0.5) is 13.2 Å². The lowest BCUT2D eigenvalue weighted by Crippen LogP contribution is -2.29. The number of primary amides is 1. The van der Waals surface area contributed by atoms with Gasteiger partial charge in [-0.25, -0.2) is 9.97 Å². The van der Waals surface area contributed by atoms with Gasteiger partial charge in [-0.1, -0.05) is 0 Å². The Bertz CT molecular complexity index is 1410. The number of imidazole rings is 1. The summed E-state index contributed by atoms with van der Waals surface area (Å²) in [7, 11) is 0. The Kier molecular flexibility index (Phi) is 4.64. The van der Waals surface area contributed by atoms with E-state index in [1.54, 1.807) is 16.8 Å². The van der Waals surface area contributed by atoms with E-state index in [-0.39, 0.29) is 29.7 Å². The average Bonchev–Trinajstić information content (AvgIpc) is 3.47. The number of hydrogen-bond acceptors (Lipinski definition) is 5. The molecule has 12 heteroatoms. The number of nitrogens with one attached hydrogen (secondary N) is 1. The second kappa shape index (κ2) is 7.30. The Labute approximate surface area is 183 Å². The molecule has 170 valence electrons. The monoisotopic (exact) mass is 458 g/mol. The van der Waals surface area contributed by atoms with E-state index in [1.165, 1.54) is 35.4 Å². The quantitative estimate of drug-likeness (QED) is 0.433. The highest BCUT2D eigenvalue weighted by molar-refractivity contribution is 6.04. The summed E-state index contributed by atoms with van der Waals surface area (Å²) in [5.74, 6) is -2.18. The van der Waals surface area contributed by atoms with Crippen LogP contribution in [0.5, 0.6) is 0 Å². The first-order chi connectivity index (χ1) is 15.6. The Hall–Kier alpha value is -3.93. The number of H-pyrrole nitrogens is 1. The van der Waals surface area contributed by atoms with Gasteiger partial charge in [0.25, 0.3) is 5.91 Å². The van der Waals surface area contributed by atoms with Crippen molar-refractivity contribution in [3.05, 3.63) is 59.7 Å². The summed E-state index contributed by atoms with van der Waals surface area (Å²) in [6, 6.07) is 6.69. The van der Waals surface area contributed by atoms with Crippen molar-refractivity contribution >= 4 is 33.9 Å². The van der Waals surface area contributed by atoms with Crippen LogP contribution in [0.3, 0.4) is 0 Å². The van der Waals surface area contributed by atoms with E-state index >= 15 is 0 Å². The van der Waals surface area contributed by atoms with Gasteiger partial charge in [0.05, 0.1) is 28.7 Å². The SMILES string of the molecule is NC(=O)c1ccnc2c1ccn2[C@@H]1CN(C(=O)c2ccc3nc(C(F)(F)F)[nH]c3c2)C[C@H]1O. The van der Waals surface area contributed by atoms with Crippen molar-refractivity contribution in [1.29, 1.82) is 0 Å². The minimum absolute atomic E-state index is 0.0213. The molecular weight excluding hydrogens is 441 g/mol. The van der Waals surface area contributed by atoms with Crippen LogP contribution in [0.2, 0.25) is 0 Å². The number of nitrogens with zero attached hydrogens (tertiary/aromatic N) is 4. The van der Waals surface area contributed by atoms with Crippen LogP contribution in [0.25, 0.3) is 22.1 Å². The molecule has 1 saturated heterocycles. The summed E-state index contributed by atoms with van der Waals surface area (Å²) in [5.41, 5.74) is 6.50. The number of aromatic nitrogens is 4. The van der Waals surface area contributed by atoms with Crippen LogP contribution in [-0.2, 0) is 6.18 Å². The molecule has 0 saturated carbocycles. The van der Waals surface area contributed by atoms with Gasteiger partial charge in [0, 0.05) is 36.4 Å². The molecule has 0 aliphatic carbocycles. The van der Waals surface area contributed by atoms with Crippen molar-refractivity contribution in [2.75, 3.05) is 13.1 Å². The molecule has 1 aliphatic rings. The number of likely N-dealkylation sites (tertiary alicyclic amines) is 1. The van der Waals surface area contributed by atoms with Crippen molar-refractivity contribution < 1.29 is 27.9 Å². The second-order valence-electron chi connectivity index (χ2n) is 7.84. The van der Waals surface area contributed by atoms with E-state index in [1.807, 2.05) is 0 Å². The third kappa shape index (κ3) is 3.48. The Morgan fingerprint density at radius 2 is 1.97 bits per heavy atom. The van der Waals surface area contributed by atoms with Gasteiger partial charge in [-0.05, 0) is 30.3 Å². The molecule has 0 spiro atoms. The van der Waals surface area contributed by atoms with Crippen molar-refractivity contribution in [3.63, 3.8) is 0 Å². The molecule has 1 aromatic carbocycles. The fourth-order valence-corrected chi connectivity index (χ4v) is 4.21. The van der Waals surface area contributed by atoms with Crippen LogP contribution >= 0.6 is 0 Å². The van der Waals surface area contributed by atoms with Gasteiger partial charge in [-0.3, -0.25) is 9.59 Å². The molecule has 9 nitrogen and oxygen atoms in total. The van der Waals surface area contributed by atoms with Crippen LogP contribution in [0.15, 0.2) is 42.7 Å². The maximum Gasteiger partial charge on any atom is 0.449 e. The zero-order valence-electron chi connectivity index (χ0n) is 16.9. The number of halogens is 3. The van der Waals surface area contributed by atoms with Gasteiger partial charge in [0.15, 0.2) is 0 Å². The normalized spacial score (nSPS) is 19.0. The fraction of sp³-hybridized carbons (Fsp3) is 0.238. The number of aromatic amines is 1. The van der Waals surface area contributed by atoms with E-state index in [0.29, 0.717) is 16.6 Å². The van der Waals surface area contributed by atoms with E-state index < -0.39 is 36.0 Å². The number of carbonyl (C=O) groups is 2. The molecule has 0 unspecified atom stereocenters. The van der Waals surface area contributed by atoms with Crippen LogP contribution in [0, 0.1) is 0 Å². The summed E-state index contributed by atoms with van der Waals surface area (Å²) < 4.78 is 40.4. The van der Waals surface area contributed by atoms with Crippen LogP contribution in [0.1, 0.15) is 32.6 Å². The van der Waals surface area contributed by atoms with E-state index in [2.05, 4.69) is 15.0 Å². The third-order valence-corrected chi connectivity index (χ3v) is 5.78. The van der Waals surface area contributed by atoms with Gasteiger partial charge in [0.2, 0.25) is 11.7 Å². The van der Waals surface area contributed by atoms with E-state index in [0.717, 1.165) is 0 Å². The Morgan fingerprint density at radius 3 is 2.70 bits per heavy atom.